The zero-order valence-electron chi connectivity index (χ0n) is 14.0. The third kappa shape index (κ3) is 3.60. The van der Waals surface area contributed by atoms with Crippen molar-refractivity contribution in [2.75, 3.05) is 19.6 Å². The van der Waals surface area contributed by atoms with Gasteiger partial charge >= 0.3 is 0 Å². The second-order valence-electron chi connectivity index (χ2n) is 6.75. The molecule has 2 aromatic carbocycles. The summed E-state index contributed by atoms with van der Waals surface area (Å²) in [5.41, 5.74) is 6.74. The predicted octanol–water partition coefficient (Wildman–Crippen LogP) is 3.00. The molecule has 24 heavy (non-hydrogen) atoms. The van der Waals surface area contributed by atoms with Crippen LogP contribution >= 0.6 is 0 Å². The van der Waals surface area contributed by atoms with Crippen LogP contribution in [0.1, 0.15) is 25.0 Å². The largest absolute Gasteiger partial charge is 0.476 e. The van der Waals surface area contributed by atoms with E-state index in [4.69, 9.17) is 10.5 Å². The number of carbonyl (C=O) groups excluding carboxylic acids is 1. The van der Waals surface area contributed by atoms with Gasteiger partial charge in [0.05, 0.1) is 0 Å². The predicted molar refractivity (Wildman–Crippen MR) is 94.6 cm³/mol. The SMILES string of the molecule is CC1(CN)CCN(C(=O)C(Oc2ccccc2)c2ccccc2)C1. The number of likely N-dealkylation sites (tertiary alicyclic amines) is 1. The molecule has 3 rings (SSSR count). The minimum absolute atomic E-state index is 0.00206. The fourth-order valence-electron chi connectivity index (χ4n) is 3.07. The number of nitrogens with zero attached hydrogens (tertiary/aromatic N) is 1. The Balaban J connectivity index is 1.83. The van der Waals surface area contributed by atoms with Gasteiger partial charge in [0.25, 0.3) is 5.91 Å². The van der Waals surface area contributed by atoms with E-state index < -0.39 is 6.10 Å². The summed E-state index contributed by atoms with van der Waals surface area (Å²) in [5, 5.41) is 0. The Morgan fingerprint density at radius 3 is 2.38 bits per heavy atom. The first-order valence-electron chi connectivity index (χ1n) is 8.37. The minimum atomic E-state index is -0.631. The number of para-hydroxylation sites is 1. The first-order valence-corrected chi connectivity index (χ1v) is 8.37. The van der Waals surface area contributed by atoms with Crippen molar-refractivity contribution in [2.45, 2.75) is 19.4 Å². The van der Waals surface area contributed by atoms with Gasteiger partial charge in [0, 0.05) is 18.7 Å². The Kier molecular flexibility index (Phi) is 4.86. The van der Waals surface area contributed by atoms with Crippen LogP contribution in [0.2, 0.25) is 0 Å². The standard InChI is InChI=1S/C20H24N2O2/c1-20(14-21)12-13-22(15-20)19(23)18(16-8-4-2-5-9-16)24-17-10-6-3-7-11-17/h2-11,18H,12-15,21H2,1H3. The molecule has 0 saturated carbocycles. The van der Waals surface area contributed by atoms with Crippen LogP contribution in [0.15, 0.2) is 60.7 Å². The van der Waals surface area contributed by atoms with E-state index in [2.05, 4.69) is 6.92 Å². The van der Waals surface area contributed by atoms with Gasteiger partial charge in [-0.1, -0.05) is 55.5 Å². The zero-order chi connectivity index (χ0) is 17.0. The second-order valence-corrected chi connectivity index (χ2v) is 6.75. The highest BCUT2D eigenvalue weighted by Crippen LogP contribution is 2.32. The highest BCUT2D eigenvalue weighted by atomic mass is 16.5. The average molecular weight is 324 g/mol. The Morgan fingerprint density at radius 2 is 1.79 bits per heavy atom. The van der Waals surface area contributed by atoms with Gasteiger partial charge in [0.15, 0.2) is 0 Å². The molecule has 4 nitrogen and oxygen atoms in total. The van der Waals surface area contributed by atoms with E-state index >= 15 is 0 Å². The van der Waals surface area contributed by atoms with E-state index in [1.54, 1.807) is 0 Å². The van der Waals surface area contributed by atoms with Gasteiger partial charge in [-0.15, -0.1) is 0 Å². The lowest BCUT2D eigenvalue weighted by atomic mass is 9.90. The van der Waals surface area contributed by atoms with Gasteiger partial charge in [-0.2, -0.15) is 0 Å². The molecule has 2 N–H and O–H groups in total. The van der Waals surface area contributed by atoms with Crippen LogP contribution in [0.25, 0.3) is 0 Å². The van der Waals surface area contributed by atoms with E-state index in [1.807, 2.05) is 65.6 Å². The highest BCUT2D eigenvalue weighted by molar-refractivity contribution is 5.83. The first-order chi connectivity index (χ1) is 11.6. The monoisotopic (exact) mass is 324 g/mol. The van der Waals surface area contributed by atoms with Gasteiger partial charge < -0.3 is 15.4 Å². The summed E-state index contributed by atoms with van der Waals surface area (Å²) in [4.78, 5) is 15.0. The van der Waals surface area contributed by atoms with Gasteiger partial charge in [-0.05, 0) is 30.5 Å². The maximum Gasteiger partial charge on any atom is 0.268 e. The summed E-state index contributed by atoms with van der Waals surface area (Å²) in [5.74, 6) is 0.697. The van der Waals surface area contributed by atoms with Crippen molar-refractivity contribution in [3.8, 4) is 5.75 Å². The molecule has 126 valence electrons. The molecule has 1 saturated heterocycles. The molecule has 0 aliphatic carbocycles. The smallest absolute Gasteiger partial charge is 0.268 e. The summed E-state index contributed by atoms with van der Waals surface area (Å²) in [6.45, 7) is 4.14. The fourth-order valence-corrected chi connectivity index (χ4v) is 3.07. The molecule has 2 aromatic rings. The van der Waals surface area contributed by atoms with E-state index in [0.29, 0.717) is 18.8 Å². The molecule has 0 bridgehead atoms. The van der Waals surface area contributed by atoms with Gasteiger partial charge in [0.1, 0.15) is 5.75 Å². The average Bonchev–Trinajstić information content (AvgIpc) is 3.04. The summed E-state index contributed by atoms with van der Waals surface area (Å²) < 4.78 is 6.05. The van der Waals surface area contributed by atoms with E-state index in [-0.39, 0.29) is 11.3 Å². The van der Waals surface area contributed by atoms with Crippen molar-refractivity contribution in [3.05, 3.63) is 66.2 Å². The van der Waals surface area contributed by atoms with E-state index in [0.717, 1.165) is 18.5 Å². The molecule has 0 aromatic heterocycles. The van der Waals surface area contributed by atoms with Crippen LogP contribution in [-0.2, 0) is 4.79 Å². The minimum Gasteiger partial charge on any atom is -0.476 e. The Labute approximate surface area is 143 Å². The van der Waals surface area contributed by atoms with Gasteiger partial charge in [-0.3, -0.25) is 4.79 Å². The van der Waals surface area contributed by atoms with Crippen LogP contribution in [0, 0.1) is 5.41 Å². The summed E-state index contributed by atoms with van der Waals surface area (Å²) in [6.07, 6.45) is 0.302. The molecule has 1 amide bonds. The van der Waals surface area contributed by atoms with Crippen LogP contribution in [0.3, 0.4) is 0 Å². The number of carbonyl (C=O) groups is 1. The Morgan fingerprint density at radius 1 is 1.17 bits per heavy atom. The van der Waals surface area contributed by atoms with Crippen LogP contribution < -0.4 is 10.5 Å². The first kappa shape index (κ1) is 16.5. The molecule has 1 aliphatic heterocycles. The summed E-state index contributed by atoms with van der Waals surface area (Å²) in [6, 6.07) is 19.2. The van der Waals surface area contributed by atoms with Crippen molar-refractivity contribution in [1.29, 1.82) is 0 Å². The normalized spacial score (nSPS) is 21.5. The highest BCUT2D eigenvalue weighted by Gasteiger charge is 2.38. The number of nitrogens with two attached hydrogens (primary N) is 1. The molecular formula is C20H24N2O2. The lowest BCUT2D eigenvalue weighted by Gasteiger charge is -2.26. The maximum absolute atomic E-state index is 13.1. The van der Waals surface area contributed by atoms with Crippen molar-refractivity contribution in [2.24, 2.45) is 11.1 Å². The van der Waals surface area contributed by atoms with Crippen molar-refractivity contribution < 1.29 is 9.53 Å². The molecule has 0 radical (unpaired) electrons. The number of rotatable bonds is 5. The number of benzene rings is 2. The summed E-state index contributed by atoms with van der Waals surface area (Å²) >= 11 is 0. The molecule has 1 aliphatic rings. The van der Waals surface area contributed by atoms with Crippen molar-refractivity contribution >= 4 is 5.91 Å². The van der Waals surface area contributed by atoms with E-state index in [1.165, 1.54) is 0 Å². The third-order valence-electron chi connectivity index (χ3n) is 4.69. The number of hydrogen-bond donors (Lipinski definition) is 1. The lowest BCUT2D eigenvalue weighted by molar-refractivity contribution is -0.138. The molecule has 1 heterocycles. The fraction of sp³-hybridized carbons (Fsp3) is 0.350. The Hall–Kier alpha value is -2.33. The number of hydrogen-bond acceptors (Lipinski definition) is 3. The van der Waals surface area contributed by atoms with Crippen LogP contribution in [-0.4, -0.2) is 30.4 Å². The molecule has 0 spiro atoms. The van der Waals surface area contributed by atoms with Crippen molar-refractivity contribution in [1.82, 2.24) is 4.90 Å². The van der Waals surface area contributed by atoms with Crippen LogP contribution in [0.4, 0.5) is 0 Å². The molecule has 2 atom stereocenters. The summed E-state index contributed by atoms with van der Waals surface area (Å²) in [7, 11) is 0. The number of ether oxygens (including phenoxy) is 1. The zero-order valence-corrected chi connectivity index (χ0v) is 14.0. The molecular weight excluding hydrogens is 300 g/mol. The van der Waals surface area contributed by atoms with Gasteiger partial charge in [-0.25, -0.2) is 0 Å². The van der Waals surface area contributed by atoms with Crippen LogP contribution in [0.5, 0.6) is 5.75 Å². The lowest BCUT2D eigenvalue weighted by Crippen LogP contribution is -2.38. The Bertz CT molecular complexity index is 675. The quantitative estimate of drug-likeness (QED) is 0.920. The van der Waals surface area contributed by atoms with E-state index in [9.17, 15) is 4.79 Å². The molecule has 1 fully saturated rings. The number of amides is 1. The maximum atomic E-state index is 13.1. The second kappa shape index (κ2) is 7.05. The van der Waals surface area contributed by atoms with Gasteiger partial charge in [0.2, 0.25) is 6.10 Å². The molecule has 4 heteroatoms. The third-order valence-corrected chi connectivity index (χ3v) is 4.69. The molecule has 2 unspecified atom stereocenters. The van der Waals surface area contributed by atoms with Crippen molar-refractivity contribution in [3.63, 3.8) is 0 Å². The topological polar surface area (TPSA) is 55.6 Å².